The van der Waals surface area contributed by atoms with Gasteiger partial charge >= 0.3 is 0 Å². The second-order valence-corrected chi connectivity index (χ2v) is 14.9. The molecule has 0 unspecified atom stereocenters. The monoisotopic (exact) mass is 733 g/mol. The second-order valence-electron chi connectivity index (χ2n) is 13.9. The first-order chi connectivity index (χ1) is 27.7. The van der Waals surface area contributed by atoms with Gasteiger partial charge in [0.1, 0.15) is 0 Å². The maximum absolute atomic E-state index is 5.34. The summed E-state index contributed by atoms with van der Waals surface area (Å²) in [6, 6.07) is 65.6. The average molecular weight is 734 g/mol. The van der Waals surface area contributed by atoms with Crippen LogP contribution >= 0.6 is 11.8 Å². The third-order valence-corrected chi connectivity index (χ3v) is 11.6. The van der Waals surface area contributed by atoms with Crippen molar-refractivity contribution in [3.63, 3.8) is 0 Å². The molecule has 0 fully saturated rings. The Balaban J connectivity index is 1.19. The topological polar surface area (TPSA) is 54.8 Å². The van der Waals surface area contributed by atoms with E-state index < -0.39 is 0 Å². The maximum Gasteiger partial charge on any atom is 0.238 e. The predicted molar refractivity (Wildman–Crippen MR) is 231 cm³/mol. The zero-order chi connectivity index (χ0) is 37.0. The molecule has 0 spiro atoms. The van der Waals surface area contributed by atoms with Crippen LogP contribution in [0, 0.1) is 0 Å². The molecule has 1 aliphatic heterocycles. The van der Waals surface area contributed by atoms with E-state index >= 15 is 0 Å². The van der Waals surface area contributed by atoms with Crippen LogP contribution in [0.4, 0.5) is 17.3 Å². The zero-order valence-electron chi connectivity index (χ0n) is 30.0. The van der Waals surface area contributed by atoms with Gasteiger partial charge in [-0.3, -0.25) is 4.90 Å². The third-order valence-electron chi connectivity index (χ3n) is 10.5. The molecule has 2 aromatic heterocycles. The number of fused-ring (bicyclic) bond motifs is 8. The number of anilines is 3. The van der Waals surface area contributed by atoms with E-state index in [0.29, 0.717) is 17.6 Å². The normalized spacial score (nSPS) is 12.2. The van der Waals surface area contributed by atoms with Crippen LogP contribution in [-0.2, 0) is 0 Å². The summed E-state index contributed by atoms with van der Waals surface area (Å²) in [5, 5.41) is 7.25. The molecule has 3 heterocycles. The van der Waals surface area contributed by atoms with Crippen molar-refractivity contribution in [3.8, 4) is 45.3 Å². The summed E-state index contributed by atoms with van der Waals surface area (Å²) in [4.78, 5) is 25.6. The first kappa shape index (κ1) is 32.3. The van der Waals surface area contributed by atoms with Crippen LogP contribution in [0.2, 0.25) is 0 Å². The Morgan fingerprint density at radius 1 is 0.321 bits per heavy atom. The number of nitrogens with zero attached hydrogens (tertiary/aromatic N) is 5. The van der Waals surface area contributed by atoms with E-state index in [2.05, 4.69) is 157 Å². The lowest BCUT2D eigenvalue weighted by atomic mass is 9.93. The molecule has 0 aliphatic carbocycles. The summed E-state index contributed by atoms with van der Waals surface area (Å²) in [6.07, 6.45) is 0. The minimum absolute atomic E-state index is 0.549. The molecule has 0 atom stereocenters. The highest BCUT2D eigenvalue weighted by atomic mass is 32.2. The van der Waals surface area contributed by atoms with E-state index in [9.17, 15) is 0 Å². The molecule has 5 nitrogen and oxygen atoms in total. The quantitative estimate of drug-likeness (QED) is 0.164. The van der Waals surface area contributed by atoms with Crippen molar-refractivity contribution in [1.82, 2.24) is 19.9 Å². The summed E-state index contributed by atoms with van der Waals surface area (Å²) in [5.74, 6) is 1.71. The molecule has 0 saturated heterocycles. The Morgan fingerprint density at radius 3 is 1.32 bits per heavy atom. The predicted octanol–water partition coefficient (Wildman–Crippen LogP) is 13.3. The van der Waals surface area contributed by atoms with Crippen molar-refractivity contribution in [3.05, 3.63) is 188 Å². The zero-order valence-corrected chi connectivity index (χ0v) is 30.9. The van der Waals surface area contributed by atoms with Crippen LogP contribution in [0.3, 0.4) is 0 Å². The van der Waals surface area contributed by atoms with Crippen molar-refractivity contribution in [1.29, 1.82) is 0 Å². The number of benzene rings is 8. The van der Waals surface area contributed by atoms with Gasteiger partial charge in [-0.2, -0.15) is 9.97 Å². The van der Waals surface area contributed by atoms with Crippen LogP contribution in [0.5, 0.6) is 0 Å². The van der Waals surface area contributed by atoms with Crippen LogP contribution < -0.4 is 4.90 Å². The summed E-state index contributed by atoms with van der Waals surface area (Å²) in [7, 11) is 0. The van der Waals surface area contributed by atoms with Crippen LogP contribution in [0.1, 0.15) is 0 Å². The van der Waals surface area contributed by atoms with Gasteiger partial charge in [-0.05, 0) is 74.8 Å². The lowest BCUT2D eigenvalue weighted by Gasteiger charge is -2.31. The number of hydrogen-bond donors (Lipinski definition) is 0. The Labute approximate surface area is 328 Å². The average Bonchev–Trinajstić information content (AvgIpc) is 3.28. The number of pyridine rings is 1. The van der Waals surface area contributed by atoms with Gasteiger partial charge in [0.05, 0.1) is 22.8 Å². The Morgan fingerprint density at radius 2 is 0.768 bits per heavy atom. The van der Waals surface area contributed by atoms with E-state index in [-0.39, 0.29) is 0 Å². The minimum atomic E-state index is 0.549. The van der Waals surface area contributed by atoms with Crippen LogP contribution in [0.15, 0.2) is 198 Å². The fourth-order valence-electron chi connectivity index (χ4n) is 7.86. The van der Waals surface area contributed by atoms with Crippen molar-refractivity contribution in [2.75, 3.05) is 4.90 Å². The van der Waals surface area contributed by atoms with Crippen LogP contribution in [0.25, 0.3) is 77.6 Å². The molecule has 262 valence electrons. The minimum Gasteiger partial charge on any atom is -0.277 e. The van der Waals surface area contributed by atoms with Gasteiger partial charge in [-0.1, -0.05) is 157 Å². The van der Waals surface area contributed by atoms with E-state index in [1.807, 2.05) is 36.4 Å². The molecule has 56 heavy (non-hydrogen) atoms. The first-order valence-electron chi connectivity index (χ1n) is 18.6. The van der Waals surface area contributed by atoms with E-state index in [0.717, 1.165) is 60.2 Å². The summed E-state index contributed by atoms with van der Waals surface area (Å²) in [5.41, 5.74) is 7.56. The van der Waals surface area contributed by atoms with Gasteiger partial charge < -0.3 is 0 Å². The molecule has 0 N–H and O–H groups in total. The van der Waals surface area contributed by atoms with Crippen molar-refractivity contribution >= 4 is 61.4 Å². The fraction of sp³-hybridized carbons (Fsp3) is 0. The van der Waals surface area contributed by atoms with Crippen LogP contribution in [-0.4, -0.2) is 19.9 Å². The lowest BCUT2D eigenvalue weighted by Crippen LogP contribution is -2.18. The molecule has 0 radical (unpaired) electrons. The molecule has 1 aliphatic rings. The molecule has 0 bridgehead atoms. The van der Waals surface area contributed by atoms with Crippen molar-refractivity contribution < 1.29 is 0 Å². The summed E-state index contributed by atoms with van der Waals surface area (Å²) in [6.45, 7) is 0. The molecular formula is C50H31N5S. The largest absolute Gasteiger partial charge is 0.277 e. The molecule has 10 aromatic rings. The first-order valence-corrected chi connectivity index (χ1v) is 19.5. The number of aromatic nitrogens is 4. The number of para-hydroxylation sites is 2. The van der Waals surface area contributed by atoms with Crippen molar-refractivity contribution in [2.24, 2.45) is 0 Å². The number of hydrogen-bond acceptors (Lipinski definition) is 6. The van der Waals surface area contributed by atoms with E-state index in [1.54, 1.807) is 11.8 Å². The highest BCUT2D eigenvalue weighted by Gasteiger charge is 2.28. The Kier molecular flexibility index (Phi) is 7.67. The standard InChI is InChI=1S/C50H31N5S/c1-3-15-32(16-4-1)42-30-35(31-43(51-42)33-17-5-2-6-18-33)49-52-48(53-50(54-49)55-44-23-11-13-25-46(44)56-47-26-14-12-24-45(47)55)34-27-28-40-38-21-8-7-19-36(38)37-20-9-10-22-39(37)41(40)29-34/h1-31H. The highest BCUT2D eigenvalue weighted by molar-refractivity contribution is 7.99. The molecule has 0 saturated carbocycles. The Bertz CT molecular complexity index is 2990. The van der Waals surface area contributed by atoms with Gasteiger partial charge in [-0.25, -0.2) is 9.97 Å². The number of rotatable bonds is 5. The SMILES string of the molecule is c1ccc(-c2cc(-c3nc(-c4ccc5c6ccccc6c6ccccc6c5c4)nc(N4c5ccccc5Sc5ccccc54)n3)cc(-c3ccccc3)n2)cc1. The molecule has 8 aromatic carbocycles. The molecule has 0 amide bonds. The van der Waals surface area contributed by atoms with Gasteiger partial charge in [0.25, 0.3) is 0 Å². The van der Waals surface area contributed by atoms with Gasteiger partial charge in [-0.15, -0.1) is 0 Å². The third kappa shape index (κ3) is 5.50. The fourth-order valence-corrected chi connectivity index (χ4v) is 8.92. The maximum atomic E-state index is 5.34. The summed E-state index contributed by atoms with van der Waals surface area (Å²) < 4.78 is 0. The van der Waals surface area contributed by atoms with E-state index in [1.165, 1.54) is 26.9 Å². The van der Waals surface area contributed by atoms with Gasteiger partial charge in [0.15, 0.2) is 11.6 Å². The summed E-state index contributed by atoms with van der Waals surface area (Å²) >= 11 is 1.76. The highest BCUT2D eigenvalue weighted by Crippen LogP contribution is 2.51. The lowest BCUT2D eigenvalue weighted by molar-refractivity contribution is 1.00. The Hall–Kier alpha value is -7.15. The second kappa shape index (κ2) is 13.3. The smallest absolute Gasteiger partial charge is 0.238 e. The molecular weight excluding hydrogens is 703 g/mol. The van der Waals surface area contributed by atoms with Gasteiger partial charge in [0.2, 0.25) is 5.95 Å². The van der Waals surface area contributed by atoms with Gasteiger partial charge in [0, 0.05) is 32.0 Å². The molecule has 11 rings (SSSR count). The molecule has 6 heteroatoms. The van der Waals surface area contributed by atoms with E-state index in [4.69, 9.17) is 19.9 Å². The van der Waals surface area contributed by atoms with Crippen molar-refractivity contribution in [2.45, 2.75) is 9.79 Å².